The number of hydrogen-bond acceptors (Lipinski definition) is 4. The Hall–Kier alpha value is -2.07. The third-order valence-electron chi connectivity index (χ3n) is 2.16. The molecule has 10 heteroatoms. The van der Waals surface area contributed by atoms with Gasteiger partial charge in [0.2, 0.25) is 10.0 Å². The van der Waals surface area contributed by atoms with Crippen LogP contribution < -0.4 is 4.72 Å². The van der Waals surface area contributed by atoms with Gasteiger partial charge >= 0.3 is 11.9 Å². The maximum absolute atomic E-state index is 13.3. The van der Waals surface area contributed by atoms with Crippen LogP contribution in [0.1, 0.15) is 6.42 Å². The zero-order valence-corrected chi connectivity index (χ0v) is 10.5. The summed E-state index contributed by atoms with van der Waals surface area (Å²) >= 11 is 0. The number of nitrogens with one attached hydrogen (secondary N) is 1. The molecule has 0 aliphatic rings. The van der Waals surface area contributed by atoms with E-state index in [1.165, 1.54) is 4.72 Å². The van der Waals surface area contributed by atoms with Crippen molar-refractivity contribution in [1.82, 2.24) is 4.72 Å². The van der Waals surface area contributed by atoms with Gasteiger partial charge < -0.3 is 10.2 Å². The number of sulfonamides is 1. The number of rotatable bonds is 6. The third-order valence-corrected chi connectivity index (χ3v) is 3.66. The van der Waals surface area contributed by atoms with Gasteiger partial charge in [-0.05, 0) is 12.1 Å². The quantitative estimate of drug-likeness (QED) is 0.689. The molecule has 7 nitrogen and oxygen atoms in total. The van der Waals surface area contributed by atoms with Crippen molar-refractivity contribution in [2.24, 2.45) is 0 Å². The largest absolute Gasteiger partial charge is 0.481 e. The van der Waals surface area contributed by atoms with Gasteiger partial charge in [0.15, 0.2) is 0 Å². The van der Waals surface area contributed by atoms with Crippen molar-refractivity contribution >= 4 is 22.0 Å². The number of halogens is 2. The van der Waals surface area contributed by atoms with E-state index < -0.39 is 51.0 Å². The van der Waals surface area contributed by atoms with Gasteiger partial charge in [0.05, 0.1) is 6.42 Å². The van der Waals surface area contributed by atoms with Crippen LogP contribution in [-0.4, -0.2) is 36.6 Å². The molecule has 0 bridgehead atoms. The van der Waals surface area contributed by atoms with E-state index >= 15 is 0 Å². The molecule has 0 saturated heterocycles. The Balaban J connectivity index is 3.09. The molecule has 0 spiro atoms. The summed E-state index contributed by atoms with van der Waals surface area (Å²) in [5, 5.41) is 17.2. The summed E-state index contributed by atoms with van der Waals surface area (Å²) in [5.41, 5.74) is 0. The minimum Gasteiger partial charge on any atom is -0.481 e. The van der Waals surface area contributed by atoms with Crippen LogP contribution in [0.4, 0.5) is 8.78 Å². The number of carboxylic acid groups (broad SMARTS) is 2. The predicted molar refractivity (Wildman–Crippen MR) is 60.4 cm³/mol. The molecule has 110 valence electrons. The van der Waals surface area contributed by atoms with Crippen LogP contribution in [0, 0.1) is 11.6 Å². The lowest BCUT2D eigenvalue weighted by Crippen LogP contribution is -2.42. The Morgan fingerprint density at radius 3 is 2.30 bits per heavy atom. The van der Waals surface area contributed by atoms with E-state index in [9.17, 15) is 26.8 Å². The van der Waals surface area contributed by atoms with E-state index in [2.05, 4.69) is 0 Å². The molecule has 20 heavy (non-hydrogen) atoms. The van der Waals surface area contributed by atoms with Gasteiger partial charge in [-0.2, -0.15) is 4.72 Å². The average molecular weight is 309 g/mol. The van der Waals surface area contributed by atoms with Crippen LogP contribution in [-0.2, 0) is 19.6 Å². The van der Waals surface area contributed by atoms with Crippen LogP contribution in [0.15, 0.2) is 23.1 Å². The lowest BCUT2D eigenvalue weighted by molar-refractivity contribution is -0.145. The van der Waals surface area contributed by atoms with Gasteiger partial charge in [-0.25, -0.2) is 17.2 Å². The highest BCUT2D eigenvalue weighted by molar-refractivity contribution is 7.89. The van der Waals surface area contributed by atoms with Crippen LogP contribution in [0.25, 0.3) is 0 Å². The van der Waals surface area contributed by atoms with Crippen molar-refractivity contribution in [3.63, 3.8) is 0 Å². The van der Waals surface area contributed by atoms with Gasteiger partial charge in [-0.3, -0.25) is 9.59 Å². The topological polar surface area (TPSA) is 121 Å². The van der Waals surface area contributed by atoms with Crippen LogP contribution in [0.3, 0.4) is 0 Å². The fourth-order valence-corrected chi connectivity index (χ4v) is 2.55. The van der Waals surface area contributed by atoms with Gasteiger partial charge in [0, 0.05) is 6.07 Å². The maximum atomic E-state index is 13.3. The average Bonchev–Trinajstić information content (AvgIpc) is 2.26. The summed E-state index contributed by atoms with van der Waals surface area (Å²) in [4.78, 5) is 20.2. The minimum atomic E-state index is -4.63. The monoisotopic (exact) mass is 309 g/mol. The first-order valence-corrected chi connectivity index (χ1v) is 6.54. The van der Waals surface area contributed by atoms with Gasteiger partial charge in [0.1, 0.15) is 22.6 Å². The van der Waals surface area contributed by atoms with Crippen molar-refractivity contribution in [3.05, 3.63) is 29.8 Å². The van der Waals surface area contributed by atoms with Crippen LogP contribution in [0.2, 0.25) is 0 Å². The van der Waals surface area contributed by atoms with Crippen LogP contribution in [0.5, 0.6) is 0 Å². The highest BCUT2D eigenvalue weighted by Gasteiger charge is 2.29. The molecule has 0 heterocycles. The first-order valence-electron chi connectivity index (χ1n) is 5.05. The summed E-state index contributed by atoms with van der Waals surface area (Å²) in [6, 6.07) is -0.388. The highest BCUT2D eigenvalue weighted by Crippen LogP contribution is 2.16. The molecule has 0 saturated carbocycles. The molecule has 0 aromatic heterocycles. The zero-order chi connectivity index (χ0) is 15.5. The SMILES string of the molecule is O=C(O)C[C@H](NS(=O)(=O)c1ccc(F)cc1F)C(=O)O. The van der Waals surface area contributed by atoms with Crippen molar-refractivity contribution in [2.45, 2.75) is 17.4 Å². The summed E-state index contributed by atoms with van der Waals surface area (Å²) in [6.45, 7) is 0. The summed E-state index contributed by atoms with van der Waals surface area (Å²) in [7, 11) is -4.63. The van der Waals surface area contributed by atoms with Crippen molar-refractivity contribution in [1.29, 1.82) is 0 Å². The lowest BCUT2D eigenvalue weighted by atomic mass is 10.2. The van der Waals surface area contributed by atoms with Crippen LogP contribution >= 0.6 is 0 Å². The first kappa shape index (κ1) is 16.0. The molecule has 0 unspecified atom stereocenters. The van der Waals surface area contributed by atoms with Gasteiger partial charge in [-0.1, -0.05) is 0 Å². The number of carboxylic acids is 2. The smallest absolute Gasteiger partial charge is 0.322 e. The van der Waals surface area contributed by atoms with Crippen molar-refractivity contribution in [3.8, 4) is 0 Å². The van der Waals surface area contributed by atoms with Crippen molar-refractivity contribution < 1.29 is 37.0 Å². The van der Waals surface area contributed by atoms with Crippen molar-refractivity contribution in [2.75, 3.05) is 0 Å². The molecular weight excluding hydrogens is 300 g/mol. The number of hydrogen-bond donors (Lipinski definition) is 3. The summed E-state index contributed by atoms with van der Waals surface area (Å²) in [5.74, 6) is -5.73. The standard InChI is InChI=1S/C10H9F2NO6S/c11-5-1-2-8(6(12)3-5)20(18,19)13-7(10(16)17)4-9(14)15/h1-3,7,13H,4H2,(H,14,15)(H,16,17)/t7-/m0/s1. The van der Waals surface area contributed by atoms with E-state index in [0.29, 0.717) is 18.2 Å². The molecule has 0 aliphatic carbocycles. The molecule has 1 atom stereocenters. The second-order valence-corrected chi connectivity index (χ2v) is 5.37. The van der Waals surface area contributed by atoms with E-state index in [1.54, 1.807) is 0 Å². The number of benzene rings is 1. The van der Waals surface area contributed by atoms with E-state index in [1.807, 2.05) is 0 Å². The highest BCUT2D eigenvalue weighted by atomic mass is 32.2. The Morgan fingerprint density at radius 1 is 1.25 bits per heavy atom. The first-order chi connectivity index (χ1) is 9.13. The Bertz CT molecular complexity index is 645. The maximum Gasteiger partial charge on any atom is 0.322 e. The zero-order valence-electron chi connectivity index (χ0n) is 9.71. The molecule has 1 aromatic carbocycles. The molecule has 3 N–H and O–H groups in total. The van der Waals surface area contributed by atoms with E-state index in [-0.39, 0.29) is 0 Å². The Kier molecular flexibility index (Phi) is 4.73. The molecule has 0 aliphatic heterocycles. The predicted octanol–water partition coefficient (Wildman–Crippen LogP) is 0.171. The molecule has 0 fully saturated rings. The summed E-state index contributed by atoms with van der Waals surface area (Å²) in [6.07, 6.45) is -1.03. The third kappa shape index (κ3) is 3.96. The Morgan fingerprint density at radius 2 is 1.85 bits per heavy atom. The molecule has 1 aromatic rings. The molecule has 0 radical (unpaired) electrons. The molecular formula is C10H9F2NO6S. The summed E-state index contributed by atoms with van der Waals surface area (Å²) < 4.78 is 51.0. The van der Waals surface area contributed by atoms with E-state index in [4.69, 9.17) is 10.2 Å². The Labute approximate surface area is 111 Å². The lowest BCUT2D eigenvalue weighted by Gasteiger charge is -2.13. The number of aliphatic carboxylic acids is 2. The molecule has 1 rings (SSSR count). The fraction of sp³-hybridized carbons (Fsp3) is 0.200. The molecule has 0 amide bonds. The van der Waals surface area contributed by atoms with Gasteiger partial charge in [-0.15, -0.1) is 0 Å². The van der Waals surface area contributed by atoms with E-state index in [0.717, 1.165) is 0 Å². The second-order valence-electron chi connectivity index (χ2n) is 3.68. The number of carbonyl (C=O) groups is 2. The minimum absolute atomic E-state index is 0.307. The van der Waals surface area contributed by atoms with Gasteiger partial charge in [0.25, 0.3) is 0 Å². The second kappa shape index (κ2) is 5.92. The fourth-order valence-electron chi connectivity index (χ4n) is 1.30. The normalized spacial score (nSPS) is 12.9.